The van der Waals surface area contributed by atoms with Crippen molar-refractivity contribution in [3.8, 4) is 0 Å². The van der Waals surface area contributed by atoms with Crippen molar-refractivity contribution in [2.45, 2.75) is 46.2 Å². The maximum absolute atomic E-state index is 11.3. The van der Waals surface area contributed by atoms with Gasteiger partial charge in [0, 0.05) is 37.3 Å². The smallest absolute Gasteiger partial charge is 0.220 e. The van der Waals surface area contributed by atoms with Crippen LogP contribution in [0.1, 0.15) is 37.8 Å². The van der Waals surface area contributed by atoms with E-state index >= 15 is 0 Å². The minimum atomic E-state index is -0.153. The van der Waals surface area contributed by atoms with Gasteiger partial charge in [0.05, 0.1) is 0 Å². The van der Waals surface area contributed by atoms with E-state index in [1.54, 1.807) is 0 Å². The minimum absolute atomic E-state index is 0.0453. The highest BCUT2D eigenvalue weighted by Gasteiger charge is 2.24. The lowest BCUT2D eigenvalue weighted by atomic mass is 9.95. The number of nitrogens with one attached hydrogen (secondary N) is 1. The molecule has 1 aliphatic heterocycles. The normalized spacial score (nSPS) is 16.5. The Morgan fingerprint density at radius 1 is 1.38 bits per heavy atom. The predicted molar refractivity (Wildman–Crippen MR) is 87.3 cm³/mol. The van der Waals surface area contributed by atoms with Gasteiger partial charge in [-0.15, -0.1) is 0 Å². The Hall–Kier alpha value is -1.55. The zero-order valence-corrected chi connectivity index (χ0v) is 13.4. The minimum Gasteiger partial charge on any atom is -0.371 e. The van der Waals surface area contributed by atoms with Gasteiger partial charge in [-0.1, -0.05) is 31.5 Å². The van der Waals surface area contributed by atoms with Gasteiger partial charge in [-0.25, -0.2) is 0 Å². The van der Waals surface area contributed by atoms with Gasteiger partial charge in [0.2, 0.25) is 5.91 Å². The Labute approximate surface area is 127 Å². The number of carbonyl (C=O) groups is 1. The van der Waals surface area contributed by atoms with E-state index < -0.39 is 0 Å². The van der Waals surface area contributed by atoms with Crippen molar-refractivity contribution >= 4 is 11.6 Å². The van der Waals surface area contributed by atoms with E-state index in [-0.39, 0.29) is 11.8 Å². The second-order valence-electron chi connectivity index (χ2n) is 6.33. The van der Waals surface area contributed by atoms with Gasteiger partial charge in [-0.3, -0.25) is 4.79 Å². The van der Waals surface area contributed by atoms with Gasteiger partial charge in [0.1, 0.15) is 0 Å². The van der Waals surface area contributed by atoms with E-state index in [4.69, 9.17) is 5.73 Å². The zero-order chi connectivity index (χ0) is 15.4. The molecule has 2 rings (SSSR count). The van der Waals surface area contributed by atoms with Crippen LogP contribution in [-0.2, 0) is 11.3 Å². The predicted octanol–water partition coefficient (Wildman–Crippen LogP) is 2.19. The highest BCUT2D eigenvalue weighted by atomic mass is 16.1. The summed E-state index contributed by atoms with van der Waals surface area (Å²) in [6.45, 7) is 9.14. The van der Waals surface area contributed by atoms with E-state index in [0.29, 0.717) is 6.04 Å². The molecular formula is C17H27N3O. The van der Waals surface area contributed by atoms with Gasteiger partial charge in [0.25, 0.3) is 0 Å². The molecule has 0 saturated carbocycles. The zero-order valence-electron chi connectivity index (χ0n) is 13.4. The molecule has 0 unspecified atom stereocenters. The second-order valence-corrected chi connectivity index (χ2v) is 6.33. The average Bonchev–Trinajstić information content (AvgIpc) is 2.45. The summed E-state index contributed by atoms with van der Waals surface area (Å²) in [6, 6.07) is 7.09. The highest BCUT2D eigenvalue weighted by Crippen LogP contribution is 2.27. The van der Waals surface area contributed by atoms with Crippen molar-refractivity contribution in [1.29, 1.82) is 0 Å². The van der Waals surface area contributed by atoms with Crippen LogP contribution in [0.15, 0.2) is 18.2 Å². The van der Waals surface area contributed by atoms with E-state index in [9.17, 15) is 4.79 Å². The van der Waals surface area contributed by atoms with Gasteiger partial charge < -0.3 is 16.0 Å². The van der Waals surface area contributed by atoms with Crippen molar-refractivity contribution < 1.29 is 4.79 Å². The van der Waals surface area contributed by atoms with E-state index in [1.165, 1.54) is 16.8 Å². The molecule has 4 heteroatoms. The number of benzene rings is 1. The maximum atomic E-state index is 11.3. The molecule has 0 spiro atoms. The van der Waals surface area contributed by atoms with Crippen LogP contribution in [0, 0.1) is 12.8 Å². The number of nitrogens with two attached hydrogens (primary N) is 1. The number of piperidine rings is 1. The lowest BCUT2D eigenvalue weighted by Crippen LogP contribution is -2.39. The van der Waals surface area contributed by atoms with Crippen LogP contribution in [0.25, 0.3) is 0 Å². The van der Waals surface area contributed by atoms with Crippen molar-refractivity contribution in [3.05, 3.63) is 29.3 Å². The fourth-order valence-corrected chi connectivity index (χ4v) is 2.88. The largest absolute Gasteiger partial charge is 0.371 e. The molecular weight excluding hydrogens is 262 g/mol. The third-order valence-corrected chi connectivity index (χ3v) is 4.17. The molecule has 0 aliphatic carbocycles. The summed E-state index contributed by atoms with van der Waals surface area (Å²) in [6.07, 6.45) is 1.72. The quantitative estimate of drug-likeness (QED) is 0.873. The molecule has 21 heavy (non-hydrogen) atoms. The van der Waals surface area contributed by atoms with Gasteiger partial charge in [-0.2, -0.15) is 0 Å². The summed E-state index contributed by atoms with van der Waals surface area (Å²) in [4.78, 5) is 13.7. The first-order valence-electron chi connectivity index (χ1n) is 7.84. The van der Waals surface area contributed by atoms with Crippen LogP contribution in [0.4, 0.5) is 5.69 Å². The van der Waals surface area contributed by atoms with E-state index in [2.05, 4.69) is 49.2 Å². The maximum Gasteiger partial charge on any atom is 0.220 e. The number of primary amides is 1. The highest BCUT2D eigenvalue weighted by molar-refractivity contribution is 5.77. The molecule has 1 saturated heterocycles. The SMILES string of the molecule is Cc1ccc(N2CCC(C(N)=O)CC2)c(CNC(C)C)c1. The number of hydrogen-bond donors (Lipinski definition) is 2. The van der Waals surface area contributed by atoms with Gasteiger partial charge in [0.15, 0.2) is 0 Å². The number of anilines is 1. The van der Waals surface area contributed by atoms with Crippen molar-refractivity contribution in [1.82, 2.24) is 5.32 Å². The number of hydrogen-bond acceptors (Lipinski definition) is 3. The number of aryl methyl sites for hydroxylation is 1. The van der Waals surface area contributed by atoms with Crippen LogP contribution < -0.4 is 16.0 Å². The molecule has 4 nitrogen and oxygen atoms in total. The Morgan fingerprint density at radius 2 is 2.05 bits per heavy atom. The average molecular weight is 289 g/mol. The number of rotatable bonds is 5. The van der Waals surface area contributed by atoms with Crippen molar-refractivity contribution in [3.63, 3.8) is 0 Å². The van der Waals surface area contributed by atoms with Crippen LogP contribution >= 0.6 is 0 Å². The summed E-state index contributed by atoms with van der Waals surface area (Å²) in [5.41, 5.74) is 9.32. The summed E-state index contributed by atoms with van der Waals surface area (Å²) in [5, 5.41) is 3.49. The standard InChI is InChI=1S/C17H27N3O/c1-12(2)19-11-15-10-13(3)4-5-16(15)20-8-6-14(7-9-20)17(18)21/h4-5,10,12,14,19H,6-9,11H2,1-3H3,(H2,18,21). The molecule has 0 radical (unpaired) electrons. The van der Waals surface area contributed by atoms with Crippen LogP contribution in [0.5, 0.6) is 0 Å². The molecule has 1 fully saturated rings. The number of carbonyl (C=O) groups excluding carboxylic acids is 1. The van der Waals surface area contributed by atoms with Gasteiger partial charge in [-0.05, 0) is 31.4 Å². The molecule has 1 heterocycles. The van der Waals surface area contributed by atoms with E-state index in [0.717, 1.165) is 32.5 Å². The lowest BCUT2D eigenvalue weighted by Gasteiger charge is -2.34. The topological polar surface area (TPSA) is 58.4 Å². The number of nitrogens with zero attached hydrogens (tertiary/aromatic N) is 1. The summed E-state index contributed by atoms with van der Waals surface area (Å²) >= 11 is 0. The summed E-state index contributed by atoms with van der Waals surface area (Å²) < 4.78 is 0. The Kier molecular flexibility index (Phi) is 5.23. The van der Waals surface area contributed by atoms with E-state index in [1.807, 2.05) is 0 Å². The first-order chi connectivity index (χ1) is 9.97. The first-order valence-corrected chi connectivity index (χ1v) is 7.84. The van der Waals surface area contributed by atoms with Crippen molar-refractivity contribution in [2.24, 2.45) is 11.7 Å². The third kappa shape index (κ3) is 4.21. The summed E-state index contributed by atoms with van der Waals surface area (Å²) in [7, 11) is 0. The van der Waals surface area contributed by atoms with Crippen LogP contribution in [0.2, 0.25) is 0 Å². The molecule has 3 N–H and O–H groups in total. The fraction of sp³-hybridized carbons (Fsp3) is 0.588. The molecule has 0 aromatic heterocycles. The fourth-order valence-electron chi connectivity index (χ4n) is 2.88. The van der Waals surface area contributed by atoms with Crippen molar-refractivity contribution in [2.75, 3.05) is 18.0 Å². The first kappa shape index (κ1) is 15.8. The van der Waals surface area contributed by atoms with Gasteiger partial charge >= 0.3 is 0 Å². The van der Waals surface area contributed by atoms with Crippen LogP contribution in [-0.4, -0.2) is 25.0 Å². The molecule has 1 aromatic carbocycles. The number of amides is 1. The molecule has 1 aromatic rings. The molecule has 116 valence electrons. The Bertz CT molecular complexity index is 491. The van der Waals surface area contributed by atoms with Crippen LogP contribution in [0.3, 0.4) is 0 Å². The monoisotopic (exact) mass is 289 g/mol. The molecule has 0 bridgehead atoms. The molecule has 1 aliphatic rings. The Morgan fingerprint density at radius 3 is 2.62 bits per heavy atom. The lowest BCUT2D eigenvalue weighted by molar-refractivity contribution is -0.122. The second kappa shape index (κ2) is 6.94. The molecule has 0 atom stereocenters. The Balaban J connectivity index is 2.10. The summed E-state index contributed by atoms with van der Waals surface area (Å²) in [5.74, 6) is -0.107. The third-order valence-electron chi connectivity index (χ3n) is 4.17. The molecule has 1 amide bonds.